The van der Waals surface area contributed by atoms with Gasteiger partial charge in [-0.05, 0) is 19.3 Å². The van der Waals surface area contributed by atoms with Crippen molar-refractivity contribution < 1.29 is 69.1 Å². The summed E-state index contributed by atoms with van der Waals surface area (Å²) in [6.45, 7) is 0. The van der Waals surface area contributed by atoms with Gasteiger partial charge in [-0.2, -0.15) is 0 Å². The summed E-state index contributed by atoms with van der Waals surface area (Å²) >= 11 is -2.55. The van der Waals surface area contributed by atoms with Gasteiger partial charge in [0, 0.05) is 6.42 Å². The fourth-order valence-electron chi connectivity index (χ4n) is 1.15. The molecule has 0 radical (unpaired) electrons. The zero-order valence-corrected chi connectivity index (χ0v) is 10.9. The van der Waals surface area contributed by atoms with E-state index in [1.807, 2.05) is 0 Å². The van der Waals surface area contributed by atoms with Crippen molar-refractivity contribution in [2.45, 2.75) is 31.8 Å². The van der Waals surface area contributed by atoms with Crippen LogP contribution in [-0.4, -0.2) is 20.6 Å². The maximum absolute atomic E-state index is 10.9. The van der Waals surface area contributed by atoms with E-state index >= 15 is 0 Å². The Morgan fingerprint density at radius 3 is 2.67 bits per heavy atom. The number of hydrogen-bond donors (Lipinski definition) is 0. The van der Waals surface area contributed by atoms with Gasteiger partial charge >= 0.3 is 51.4 Å². The largest absolute Gasteiger partial charge is 1.00 e. The van der Waals surface area contributed by atoms with Gasteiger partial charge in [-0.15, -0.1) is 0 Å². The molecule has 64 valence electrons. The van der Waals surface area contributed by atoms with Crippen LogP contribution in [0.25, 0.3) is 0 Å². The third kappa shape index (κ3) is 4.57. The third-order valence-corrected chi connectivity index (χ3v) is 2.08. The molecule has 0 heterocycles. The summed E-state index contributed by atoms with van der Waals surface area (Å²) < 4.78 is 24.4. The zero-order valence-electron chi connectivity index (χ0n) is 6.95. The van der Waals surface area contributed by atoms with Crippen molar-refractivity contribution in [3.63, 3.8) is 0 Å². The van der Waals surface area contributed by atoms with Crippen molar-refractivity contribution in [1.82, 2.24) is 0 Å². The van der Waals surface area contributed by atoms with E-state index in [9.17, 15) is 13.6 Å². The van der Waals surface area contributed by atoms with Gasteiger partial charge < -0.3 is 4.55 Å². The standard InChI is InChI=1S/C6H10O4S.K/c7-5-3-1-2-4-6(5)10-11(8)9;/h6H,1-4H2,(H,8,9);/q;+1/p-1. The Hall–Kier alpha value is 1.38. The Balaban J connectivity index is 0.00000121. The minimum Gasteiger partial charge on any atom is -0.750 e. The quantitative estimate of drug-likeness (QED) is 0.372. The summed E-state index contributed by atoms with van der Waals surface area (Å²) in [4.78, 5) is 10.9. The molecule has 1 saturated carbocycles. The summed E-state index contributed by atoms with van der Waals surface area (Å²) in [7, 11) is 0. The maximum Gasteiger partial charge on any atom is 1.00 e. The molecule has 0 amide bonds. The summed E-state index contributed by atoms with van der Waals surface area (Å²) in [5, 5.41) is 0. The second kappa shape index (κ2) is 6.77. The first-order valence-electron chi connectivity index (χ1n) is 3.49. The van der Waals surface area contributed by atoms with Gasteiger partial charge in [-0.3, -0.25) is 8.98 Å². The van der Waals surface area contributed by atoms with E-state index in [1.54, 1.807) is 0 Å². The molecule has 0 aromatic carbocycles. The summed E-state index contributed by atoms with van der Waals surface area (Å²) in [5.41, 5.74) is 0. The third-order valence-electron chi connectivity index (χ3n) is 1.69. The van der Waals surface area contributed by atoms with Crippen LogP contribution < -0.4 is 51.4 Å². The molecule has 2 atom stereocenters. The van der Waals surface area contributed by atoms with E-state index in [0.29, 0.717) is 12.8 Å². The molecular weight excluding hydrogens is 207 g/mol. The van der Waals surface area contributed by atoms with Gasteiger partial charge in [0.05, 0.1) is 11.4 Å². The molecule has 1 fully saturated rings. The van der Waals surface area contributed by atoms with Crippen LogP contribution in [0.1, 0.15) is 25.7 Å². The molecule has 12 heavy (non-hydrogen) atoms. The molecule has 0 spiro atoms. The van der Waals surface area contributed by atoms with Crippen LogP contribution in [0, 0.1) is 0 Å². The molecule has 0 aromatic heterocycles. The van der Waals surface area contributed by atoms with Crippen molar-refractivity contribution in [3.8, 4) is 0 Å². The summed E-state index contributed by atoms with van der Waals surface area (Å²) in [5.74, 6) is -0.0968. The molecule has 1 aliphatic rings. The molecule has 0 aliphatic heterocycles. The number of Topliss-reactive ketones (excluding diaryl/α,β-unsaturated/α-hetero) is 1. The molecule has 2 unspecified atom stereocenters. The molecule has 0 saturated heterocycles. The number of carbonyl (C=O) groups excluding carboxylic acids is 1. The van der Waals surface area contributed by atoms with Gasteiger partial charge in [0.15, 0.2) is 5.78 Å². The Morgan fingerprint density at radius 2 is 2.17 bits per heavy atom. The van der Waals surface area contributed by atoms with Crippen LogP contribution in [0.3, 0.4) is 0 Å². The topological polar surface area (TPSA) is 66.4 Å². The van der Waals surface area contributed by atoms with Crippen LogP contribution in [0.2, 0.25) is 0 Å². The van der Waals surface area contributed by atoms with Gasteiger partial charge in [0.25, 0.3) is 0 Å². The minimum atomic E-state index is -2.55. The smallest absolute Gasteiger partial charge is 0.750 e. The normalized spacial score (nSPS) is 26.1. The molecular formula is C6H9KO4S. The molecule has 0 aromatic rings. The second-order valence-electron chi connectivity index (χ2n) is 2.50. The maximum atomic E-state index is 10.9. The fraction of sp³-hybridized carbons (Fsp3) is 0.833. The molecule has 6 heteroatoms. The zero-order chi connectivity index (χ0) is 8.27. The Kier molecular flexibility index (Phi) is 7.55. The van der Waals surface area contributed by atoms with Crippen LogP contribution >= 0.6 is 0 Å². The number of hydrogen-bond acceptors (Lipinski definition) is 4. The molecule has 0 bridgehead atoms. The minimum absolute atomic E-state index is 0. The van der Waals surface area contributed by atoms with Gasteiger partial charge in [0.1, 0.15) is 6.10 Å². The first kappa shape index (κ1) is 13.4. The van der Waals surface area contributed by atoms with E-state index in [0.717, 1.165) is 12.8 Å². The Morgan fingerprint density at radius 1 is 1.50 bits per heavy atom. The average molecular weight is 216 g/mol. The molecule has 1 aliphatic carbocycles. The van der Waals surface area contributed by atoms with E-state index in [-0.39, 0.29) is 57.2 Å². The Bertz CT molecular complexity index is 184. The van der Waals surface area contributed by atoms with E-state index < -0.39 is 17.5 Å². The van der Waals surface area contributed by atoms with Gasteiger partial charge in [-0.25, -0.2) is 4.21 Å². The van der Waals surface area contributed by atoms with Crippen molar-refractivity contribution in [1.29, 1.82) is 0 Å². The van der Waals surface area contributed by atoms with Gasteiger partial charge in [0.2, 0.25) is 0 Å². The number of ketones is 1. The van der Waals surface area contributed by atoms with E-state index in [1.165, 1.54) is 0 Å². The van der Waals surface area contributed by atoms with E-state index in [2.05, 4.69) is 4.18 Å². The molecule has 0 N–H and O–H groups in total. The predicted octanol–water partition coefficient (Wildman–Crippen LogP) is -2.69. The number of carbonyl (C=O) groups is 1. The second-order valence-corrected chi connectivity index (χ2v) is 3.10. The van der Waals surface area contributed by atoms with Crippen LogP contribution in [0.4, 0.5) is 0 Å². The van der Waals surface area contributed by atoms with Crippen molar-refractivity contribution in [2.24, 2.45) is 0 Å². The van der Waals surface area contributed by atoms with Gasteiger partial charge in [-0.1, -0.05) is 0 Å². The fourth-order valence-corrected chi connectivity index (χ4v) is 1.54. The predicted molar refractivity (Wildman–Crippen MR) is 37.3 cm³/mol. The SMILES string of the molecule is O=C1CCCCC1OS(=O)[O-].[K+]. The first-order valence-corrected chi connectivity index (χ1v) is 4.49. The van der Waals surface area contributed by atoms with Crippen LogP contribution in [0.15, 0.2) is 0 Å². The van der Waals surface area contributed by atoms with E-state index in [4.69, 9.17) is 0 Å². The summed E-state index contributed by atoms with van der Waals surface area (Å²) in [6, 6.07) is 0. The summed E-state index contributed by atoms with van der Waals surface area (Å²) in [6.07, 6.45) is 1.99. The van der Waals surface area contributed by atoms with Crippen LogP contribution in [0.5, 0.6) is 0 Å². The molecule has 4 nitrogen and oxygen atoms in total. The molecule has 1 rings (SSSR count). The average Bonchev–Trinajstić information content (AvgIpc) is 1.93. The number of rotatable bonds is 2. The van der Waals surface area contributed by atoms with Crippen molar-refractivity contribution in [2.75, 3.05) is 0 Å². The first-order chi connectivity index (χ1) is 5.20. The van der Waals surface area contributed by atoms with Crippen molar-refractivity contribution >= 4 is 17.1 Å². The van der Waals surface area contributed by atoms with Crippen molar-refractivity contribution in [3.05, 3.63) is 0 Å². The monoisotopic (exact) mass is 216 g/mol. The van der Waals surface area contributed by atoms with Crippen LogP contribution in [-0.2, 0) is 20.3 Å². The Labute approximate surface area is 116 Å².